The Morgan fingerprint density at radius 1 is 0.765 bits per heavy atom. The lowest BCUT2D eigenvalue weighted by Crippen LogP contribution is -1.99. The summed E-state index contributed by atoms with van der Waals surface area (Å²) in [6.07, 6.45) is 8.02. The first kappa shape index (κ1) is 9.78. The van der Waals surface area contributed by atoms with Crippen molar-refractivity contribution in [3.8, 4) is 11.4 Å². The minimum absolute atomic E-state index is 0.775. The van der Waals surface area contributed by atoms with Gasteiger partial charge in [-0.2, -0.15) is 0 Å². The van der Waals surface area contributed by atoms with Crippen molar-refractivity contribution in [3.05, 3.63) is 67.3 Å². The summed E-state index contributed by atoms with van der Waals surface area (Å²) in [6, 6.07) is 14.0. The van der Waals surface area contributed by atoms with Crippen molar-refractivity contribution in [3.63, 3.8) is 0 Å². The van der Waals surface area contributed by atoms with Gasteiger partial charge in [0.05, 0.1) is 11.4 Å². The summed E-state index contributed by atoms with van der Waals surface area (Å²) in [5.41, 5.74) is 8.88. The van der Waals surface area contributed by atoms with Gasteiger partial charge in [0.1, 0.15) is 0 Å². The third kappa shape index (κ3) is 1.72. The molecule has 0 aliphatic carbocycles. The lowest BCUT2D eigenvalue weighted by atomic mass is 10.2. The molecule has 0 bridgehead atoms. The second kappa shape index (κ2) is 3.87. The molecule has 0 unspecified atom stereocenters. The predicted molar refractivity (Wildman–Crippen MR) is 69.5 cm³/mol. The van der Waals surface area contributed by atoms with E-state index in [2.05, 4.69) is 10.6 Å². The fraction of sp³-hybridized carbons (Fsp3) is 0. The van der Waals surface area contributed by atoms with E-state index < -0.39 is 0 Å². The van der Waals surface area contributed by atoms with E-state index in [9.17, 15) is 0 Å². The Labute approximate surface area is 99.7 Å². The number of rotatable bonds is 2. The van der Waals surface area contributed by atoms with Crippen molar-refractivity contribution in [1.29, 1.82) is 0 Å². The normalized spacial score (nSPS) is 10.6. The first-order chi connectivity index (χ1) is 8.34. The van der Waals surface area contributed by atoms with Crippen molar-refractivity contribution in [2.45, 2.75) is 0 Å². The topological polar surface area (TPSA) is 35.9 Å². The van der Waals surface area contributed by atoms with Crippen LogP contribution in [0, 0.1) is 0 Å². The minimum Gasteiger partial charge on any atom is -0.397 e. The average Bonchev–Trinajstić information content (AvgIpc) is 3.03. The molecular formula is C14H13N3. The molecule has 0 amide bonds. The van der Waals surface area contributed by atoms with E-state index in [4.69, 9.17) is 5.73 Å². The van der Waals surface area contributed by atoms with E-state index in [0.717, 1.165) is 17.1 Å². The van der Waals surface area contributed by atoms with Gasteiger partial charge in [-0.25, -0.2) is 0 Å². The second-order valence-electron chi connectivity index (χ2n) is 3.92. The number of nitrogens with two attached hydrogens (primary N) is 1. The van der Waals surface area contributed by atoms with Crippen LogP contribution >= 0.6 is 0 Å². The monoisotopic (exact) mass is 223 g/mol. The van der Waals surface area contributed by atoms with Gasteiger partial charge in [0.25, 0.3) is 0 Å². The molecule has 0 aliphatic heterocycles. The van der Waals surface area contributed by atoms with Crippen molar-refractivity contribution >= 4 is 5.69 Å². The fourth-order valence-corrected chi connectivity index (χ4v) is 1.92. The first-order valence-electron chi connectivity index (χ1n) is 5.51. The van der Waals surface area contributed by atoms with Crippen LogP contribution in [0.4, 0.5) is 5.69 Å². The third-order valence-corrected chi connectivity index (χ3v) is 2.80. The Balaban J connectivity index is 2.13. The van der Waals surface area contributed by atoms with E-state index in [1.54, 1.807) is 0 Å². The molecule has 2 N–H and O–H groups in total. The zero-order valence-electron chi connectivity index (χ0n) is 9.32. The second-order valence-corrected chi connectivity index (χ2v) is 3.92. The van der Waals surface area contributed by atoms with Gasteiger partial charge in [-0.3, -0.25) is 0 Å². The first-order valence-corrected chi connectivity index (χ1v) is 5.51. The lowest BCUT2D eigenvalue weighted by Gasteiger charge is -2.10. The van der Waals surface area contributed by atoms with Crippen molar-refractivity contribution < 1.29 is 0 Å². The number of hydrogen-bond acceptors (Lipinski definition) is 1. The molecule has 3 heteroatoms. The molecule has 0 fully saturated rings. The van der Waals surface area contributed by atoms with Crippen LogP contribution in [0.1, 0.15) is 0 Å². The van der Waals surface area contributed by atoms with Crippen molar-refractivity contribution in [1.82, 2.24) is 9.13 Å². The Bertz CT molecular complexity index is 607. The Hall–Kier alpha value is -2.42. The molecule has 3 rings (SSSR count). The zero-order valence-corrected chi connectivity index (χ0v) is 9.32. The van der Waals surface area contributed by atoms with Crippen LogP contribution in [0.15, 0.2) is 67.3 Å². The molecule has 0 saturated heterocycles. The fourth-order valence-electron chi connectivity index (χ4n) is 1.92. The summed E-state index contributed by atoms with van der Waals surface area (Å²) < 4.78 is 4.08. The molecule has 2 aromatic heterocycles. The van der Waals surface area contributed by atoms with Gasteiger partial charge in [-0.05, 0) is 42.5 Å². The van der Waals surface area contributed by atoms with Crippen LogP contribution in [0.5, 0.6) is 0 Å². The summed E-state index contributed by atoms with van der Waals surface area (Å²) in [4.78, 5) is 0. The quantitative estimate of drug-likeness (QED) is 0.666. The number of aromatic nitrogens is 2. The molecule has 3 nitrogen and oxygen atoms in total. The van der Waals surface area contributed by atoms with Gasteiger partial charge >= 0.3 is 0 Å². The van der Waals surface area contributed by atoms with Crippen molar-refractivity contribution in [2.24, 2.45) is 0 Å². The number of nitrogens with zero attached hydrogens (tertiary/aromatic N) is 2. The van der Waals surface area contributed by atoms with Gasteiger partial charge in [-0.1, -0.05) is 0 Å². The summed E-state index contributed by atoms with van der Waals surface area (Å²) >= 11 is 0. The summed E-state index contributed by atoms with van der Waals surface area (Å²) in [5, 5.41) is 0. The van der Waals surface area contributed by atoms with Gasteiger partial charge in [0.15, 0.2) is 0 Å². The van der Waals surface area contributed by atoms with Gasteiger partial charge in [0, 0.05) is 30.5 Å². The van der Waals surface area contributed by atoms with Crippen LogP contribution in [0.2, 0.25) is 0 Å². The van der Waals surface area contributed by atoms with E-state index in [1.807, 2.05) is 65.8 Å². The van der Waals surface area contributed by atoms with Crippen molar-refractivity contribution in [2.75, 3.05) is 5.73 Å². The summed E-state index contributed by atoms with van der Waals surface area (Å²) in [6.45, 7) is 0. The molecule has 2 heterocycles. The van der Waals surface area contributed by atoms with E-state index in [-0.39, 0.29) is 0 Å². The summed E-state index contributed by atoms with van der Waals surface area (Å²) in [5.74, 6) is 0. The van der Waals surface area contributed by atoms with Crippen LogP contribution in [0.3, 0.4) is 0 Å². The van der Waals surface area contributed by atoms with Gasteiger partial charge in [-0.15, -0.1) is 0 Å². The van der Waals surface area contributed by atoms with Crippen LogP contribution in [-0.2, 0) is 0 Å². The van der Waals surface area contributed by atoms with Crippen LogP contribution in [0.25, 0.3) is 11.4 Å². The predicted octanol–water partition coefficient (Wildman–Crippen LogP) is 2.85. The number of hydrogen-bond donors (Lipinski definition) is 1. The number of benzene rings is 1. The highest BCUT2D eigenvalue weighted by Gasteiger charge is 2.03. The van der Waals surface area contributed by atoms with Crippen LogP contribution < -0.4 is 5.73 Å². The molecule has 3 aromatic rings. The molecule has 0 saturated carbocycles. The lowest BCUT2D eigenvalue weighted by molar-refractivity contribution is 1.04. The smallest absolute Gasteiger partial charge is 0.0701 e. The van der Waals surface area contributed by atoms with Gasteiger partial charge < -0.3 is 14.9 Å². The molecule has 84 valence electrons. The van der Waals surface area contributed by atoms with E-state index in [0.29, 0.717) is 0 Å². The molecule has 0 spiro atoms. The molecule has 0 radical (unpaired) electrons. The highest BCUT2D eigenvalue weighted by molar-refractivity contribution is 5.62. The Morgan fingerprint density at radius 3 is 2.00 bits per heavy atom. The standard InChI is InChI=1S/C14H13N3/c15-13-6-5-12(16-7-1-2-8-16)11-14(13)17-9-3-4-10-17/h1-11H,15H2. The molecular weight excluding hydrogens is 210 g/mol. The maximum atomic E-state index is 6.00. The minimum atomic E-state index is 0.775. The Kier molecular flexibility index (Phi) is 2.22. The number of nitrogen functional groups attached to an aromatic ring is 1. The average molecular weight is 223 g/mol. The molecule has 0 aliphatic rings. The largest absolute Gasteiger partial charge is 0.397 e. The maximum absolute atomic E-state index is 6.00. The molecule has 17 heavy (non-hydrogen) atoms. The summed E-state index contributed by atoms with van der Waals surface area (Å²) in [7, 11) is 0. The molecule has 1 aromatic carbocycles. The highest BCUT2D eigenvalue weighted by Crippen LogP contribution is 2.21. The number of anilines is 1. The van der Waals surface area contributed by atoms with Crippen LogP contribution in [-0.4, -0.2) is 9.13 Å². The van der Waals surface area contributed by atoms with E-state index in [1.165, 1.54) is 0 Å². The highest BCUT2D eigenvalue weighted by atomic mass is 15.0. The Morgan fingerprint density at radius 2 is 1.35 bits per heavy atom. The maximum Gasteiger partial charge on any atom is 0.0701 e. The SMILES string of the molecule is Nc1ccc(-n2cccc2)cc1-n1cccc1. The third-order valence-electron chi connectivity index (χ3n) is 2.80. The van der Waals surface area contributed by atoms with Gasteiger partial charge in [0.2, 0.25) is 0 Å². The van der Waals surface area contributed by atoms with E-state index >= 15 is 0 Å². The molecule has 0 atom stereocenters. The zero-order chi connectivity index (χ0) is 11.7.